The van der Waals surface area contributed by atoms with Gasteiger partial charge < -0.3 is 30.3 Å². The van der Waals surface area contributed by atoms with Gasteiger partial charge >= 0.3 is 12.1 Å². The standard InChI is InChI=1S/C29H48N4O8/c1-12-13-17(20(34)23(36)30-15(2)25(38)40-11)31-22(35)19-18-16(29(18,9)10)14-33(19)24(37)21(27(3,4)5)32-26(39)41-28(6,7)8/h15-19,21H,12-14H2,1-11H3,(H,30,36)(H,31,35)(H,32,39)/t15-,16-,17?,18-,19-,21+/m0/s1. The predicted octanol–water partition coefficient (Wildman–Crippen LogP) is 1.94. The number of carbonyl (C=O) groups excluding carboxylic acids is 6. The van der Waals surface area contributed by atoms with E-state index in [1.165, 1.54) is 18.9 Å². The van der Waals surface area contributed by atoms with Crippen molar-refractivity contribution in [2.45, 2.75) is 112 Å². The number of carbonyl (C=O) groups is 6. The zero-order valence-corrected chi connectivity index (χ0v) is 26.3. The fourth-order valence-electron chi connectivity index (χ4n) is 5.53. The normalized spacial score (nSPS) is 23.3. The molecule has 41 heavy (non-hydrogen) atoms. The molecule has 2 aliphatic rings. The van der Waals surface area contributed by atoms with Crippen LogP contribution in [0.3, 0.4) is 0 Å². The summed E-state index contributed by atoms with van der Waals surface area (Å²) in [5.41, 5.74) is -1.67. The molecule has 3 N–H and O–H groups in total. The van der Waals surface area contributed by atoms with Crippen LogP contribution >= 0.6 is 0 Å². The van der Waals surface area contributed by atoms with Gasteiger partial charge in [-0.3, -0.25) is 19.2 Å². The van der Waals surface area contributed by atoms with Crippen LogP contribution < -0.4 is 16.0 Å². The Balaban J connectivity index is 2.30. The van der Waals surface area contributed by atoms with E-state index in [0.717, 1.165) is 0 Å². The number of nitrogens with one attached hydrogen (secondary N) is 3. The van der Waals surface area contributed by atoms with Gasteiger partial charge in [0.1, 0.15) is 23.7 Å². The number of fused-ring (bicyclic) bond motifs is 1. The van der Waals surface area contributed by atoms with Gasteiger partial charge in [0.2, 0.25) is 17.6 Å². The van der Waals surface area contributed by atoms with Crippen LogP contribution in [0.4, 0.5) is 4.79 Å². The number of methoxy groups -OCH3 is 1. The van der Waals surface area contributed by atoms with Gasteiger partial charge in [-0.1, -0.05) is 48.0 Å². The summed E-state index contributed by atoms with van der Waals surface area (Å²) in [6.45, 7) is 18.2. The average Bonchev–Trinajstić information content (AvgIpc) is 3.16. The second-order valence-electron chi connectivity index (χ2n) is 13.8. The van der Waals surface area contributed by atoms with Gasteiger partial charge in [0, 0.05) is 6.54 Å². The Labute approximate surface area is 243 Å². The Hall–Kier alpha value is -3.18. The lowest BCUT2D eigenvalue weighted by atomic mass is 9.85. The number of amides is 4. The summed E-state index contributed by atoms with van der Waals surface area (Å²) in [6.07, 6.45) is -0.0572. The Kier molecular flexibility index (Phi) is 10.3. The van der Waals surface area contributed by atoms with Crippen LogP contribution in [0, 0.1) is 22.7 Å². The molecule has 4 amide bonds. The second kappa shape index (κ2) is 12.4. The maximum atomic E-state index is 14.0. The quantitative estimate of drug-likeness (QED) is 0.261. The number of ketones is 1. The summed E-state index contributed by atoms with van der Waals surface area (Å²) in [6, 6.07) is -4.06. The molecule has 2 rings (SSSR count). The highest BCUT2D eigenvalue weighted by atomic mass is 16.6. The number of likely N-dealkylation sites (tertiary alicyclic amines) is 1. The fourth-order valence-corrected chi connectivity index (χ4v) is 5.53. The van der Waals surface area contributed by atoms with E-state index in [1.807, 2.05) is 41.5 Å². The van der Waals surface area contributed by atoms with Crippen molar-refractivity contribution in [1.29, 1.82) is 0 Å². The third-order valence-electron chi connectivity index (χ3n) is 7.87. The van der Waals surface area contributed by atoms with Crippen molar-refractivity contribution in [2.24, 2.45) is 22.7 Å². The van der Waals surface area contributed by atoms with E-state index in [2.05, 4.69) is 20.7 Å². The minimum atomic E-state index is -1.14. The lowest BCUT2D eigenvalue weighted by Crippen LogP contribution is -2.61. The molecule has 1 saturated heterocycles. The monoisotopic (exact) mass is 580 g/mol. The number of esters is 1. The number of hydrogen-bond acceptors (Lipinski definition) is 8. The van der Waals surface area contributed by atoms with Crippen molar-refractivity contribution in [1.82, 2.24) is 20.9 Å². The van der Waals surface area contributed by atoms with Gasteiger partial charge in [-0.2, -0.15) is 0 Å². The summed E-state index contributed by atoms with van der Waals surface area (Å²) >= 11 is 0. The molecule has 12 heteroatoms. The topological polar surface area (TPSA) is 160 Å². The first kappa shape index (κ1) is 34.0. The molecule has 1 heterocycles. The summed E-state index contributed by atoms with van der Waals surface area (Å²) < 4.78 is 9.97. The molecule has 1 saturated carbocycles. The second-order valence-corrected chi connectivity index (χ2v) is 13.8. The largest absolute Gasteiger partial charge is 0.467 e. The summed E-state index contributed by atoms with van der Waals surface area (Å²) in [5, 5.41) is 7.72. The number of ether oxygens (including phenoxy) is 2. The van der Waals surface area contributed by atoms with Crippen molar-refractivity contribution < 1.29 is 38.2 Å². The van der Waals surface area contributed by atoms with E-state index in [4.69, 9.17) is 4.74 Å². The number of rotatable bonds is 10. The Bertz CT molecular complexity index is 1060. The molecule has 12 nitrogen and oxygen atoms in total. The lowest BCUT2D eigenvalue weighted by molar-refractivity contribution is -0.147. The van der Waals surface area contributed by atoms with Crippen molar-refractivity contribution in [2.75, 3.05) is 13.7 Å². The van der Waals surface area contributed by atoms with Crippen molar-refractivity contribution in [3.05, 3.63) is 0 Å². The number of hydrogen-bond donors (Lipinski definition) is 3. The van der Waals surface area contributed by atoms with Gasteiger partial charge in [0.15, 0.2) is 0 Å². The molecular weight excluding hydrogens is 532 g/mol. The van der Waals surface area contributed by atoms with Gasteiger partial charge in [-0.05, 0) is 56.8 Å². The number of alkyl carbamates (subject to hydrolysis) is 1. The zero-order chi connectivity index (χ0) is 31.7. The molecule has 0 bridgehead atoms. The zero-order valence-electron chi connectivity index (χ0n) is 26.3. The molecule has 0 aromatic rings. The highest BCUT2D eigenvalue weighted by molar-refractivity contribution is 6.38. The van der Waals surface area contributed by atoms with Crippen LogP contribution in [0.5, 0.6) is 0 Å². The minimum Gasteiger partial charge on any atom is -0.467 e. The van der Waals surface area contributed by atoms with E-state index < -0.39 is 70.8 Å². The van der Waals surface area contributed by atoms with Gasteiger partial charge in [-0.25, -0.2) is 9.59 Å². The molecule has 2 fully saturated rings. The first-order chi connectivity index (χ1) is 18.7. The van der Waals surface area contributed by atoms with Crippen LogP contribution in [0.2, 0.25) is 0 Å². The van der Waals surface area contributed by atoms with E-state index in [1.54, 1.807) is 20.8 Å². The van der Waals surface area contributed by atoms with Crippen LogP contribution in [-0.2, 0) is 33.4 Å². The van der Waals surface area contributed by atoms with Crippen LogP contribution in [0.15, 0.2) is 0 Å². The molecule has 1 aliphatic carbocycles. The molecular formula is C29H48N4O8. The van der Waals surface area contributed by atoms with Crippen molar-refractivity contribution >= 4 is 35.6 Å². The van der Waals surface area contributed by atoms with Crippen LogP contribution in [0.25, 0.3) is 0 Å². The fraction of sp³-hybridized carbons (Fsp3) is 0.793. The third-order valence-corrected chi connectivity index (χ3v) is 7.87. The molecule has 6 atom stereocenters. The molecule has 0 aromatic heterocycles. The van der Waals surface area contributed by atoms with Crippen LogP contribution in [0.1, 0.15) is 82.1 Å². The van der Waals surface area contributed by atoms with E-state index in [0.29, 0.717) is 13.0 Å². The maximum Gasteiger partial charge on any atom is 0.408 e. The highest BCUT2D eigenvalue weighted by Crippen LogP contribution is 2.65. The maximum absolute atomic E-state index is 14.0. The van der Waals surface area contributed by atoms with Gasteiger partial charge in [-0.15, -0.1) is 0 Å². The summed E-state index contributed by atoms with van der Waals surface area (Å²) in [4.78, 5) is 79.2. The Morgan fingerprint density at radius 2 is 1.56 bits per heavy atom. The molecule has 0 spiro atoms. The number of Topliss-reactive ketones (excluding diaryl/α,β-unsaturated/α-hetero) is 1. The summed E-state index contributed by atoms with van der Waals surface area (Å²) in [5.74, 6) is -3.67. The molecule has 0 aromatic carbocycles. The predicted molar refractivity (Wildman–Crippen MR) is 150 cm³/mol. The molecule has 0 radical (unpaired) electrons. The first-order valence-corrected chi connectivity index (χ1v) is 14.2. The molecule has 232 valence electrons. The number of piperidine rings is 1. The van der Waals surface area contributed by atoms with Crippen LogP contribution in [-0.4, -0.2) is 83.9 Å². The molecule has 1 unspecified atom stereocenters. The smallest absolute Gasteiger partial charge is 0.408 e. The van der Waals surface area contributed by atoms with Gasteiger partial charge in [0.05, 0.1) is 13.2 Å². The van der Waals surface area contributed by atoms with E-state index >= 15 is 0 Å². The summed E-state index contributed by atoms with van der Waals surface area (Å²) in [7, 11) is 1.17. The SMILES string of the molecule is CCCC(NC(=O)[C@@H]1[C@@H]2[C@H](CN1C(=O)[C@@H](NC(=O)OC(C)(C)C)C(C)(C)C)C2(C)C)C(=O)C(=O)N[C@@H](C)C(=O)OC. The lowest BCUT2D eigenvalue weighted by Gasteiger charge is -2.38. The molecule has 1 aliphatic heterocycles. The Morgan fingerprint density at radius 1 is 0.976 bits per heavy atom. The van der Waals surface area contributed by atoms with Gasteiger partial charge in [0.25, 0.3) is 5.91 Å². The third kappa shape index (κ3) is 7.97. The Morgan fingerprint density at radius 3 is 2.05 bits per heavy atom. The van der Waals surface area contributed by atoms with Crippen molar-refractivity contribution in [3.8, 4) is 0 Å². The average molecular weight is 581 g/mol. The van der Waals surface area contributed by atoms with Crippen molar-refractivity contribution in [3.63, 3.8) is 0 Å². The number of nitrogens with zero attached hydrogens (tertiary/aromatic N) is 1. The van der Waals surface area contributed by atoms with E-state index in [-0.39, 0.29) is 23.7 Å². The first-order valence-electron chi connectivity index (χ1n) is 14.2. The van der Waals surface area contributed by atoms with E-state index in [9.17, 15) is 28.8 Å². The minimum absolute atomic E-state index is 0.0638. The highest BCUT2D eigenvalue weighted by Gasteiger charge is 2.70.